The molecule has 0 aliphatic heterocycles. The Kier molecular flexibility index (Phi) is 4.99. The molecule has 0 spiro atoms. The van der Waals surface area contributed by atoms with E-state index >= 15 is 0 Å². The van der Waals surface area contributed by atoms with Crippen molar-refractivity contribution in [3.8, 4) is 0 Å². The number of nitrogens with zero attached hydrogens (tertiary/aromatic N) is 3. The summed E-state index contributed by atoms with van der Waals surface area (Å²) in [6, 6.07) is 0. The third kappa shape index (κ3) is 3.50. The summed E-state index contributed by atoms with van der Waals surface area (Å²) in [5, 5.41) is 12.1. The predicted molar refractivity (Wildman–Crippen MR) is 77.3 cm³/mol. The van der Waals surface area contributed by atoms with Crippen LogP contribution in [0.3, 0.4) is 0 Å². The van der Waals surface area contributed by atoms with Crippen molar-refractivity contribution in [1.29, 1.82) is 0 Å². The van der Waals surface area contributed by atoms with Crippen molar-refractivity contribution < 1.29 is 9.53 Å². The van der Waals surface area contributed by atoms with Gasteiger partial charge in [0, 0.05) is 32.5 Å². The Hall–Kier alpha value is -1.58. The monoisotopic (exact) mass is 313 g/mol. The minimum atomic E-state index is -0.194. The highest BCUT2D eigenvalue weighted by Gasteiger charge is 2.10. The number of nitrogens with one attached hydrogen (secondary N) is 2. The second-order valence-corrected chi connectivity index (χ2v) is 5.40. The summed E-state index contributed by atoms with van der Waals surface area (Å²) in [5.41, 5.74) is 0.414. The summed E-state index contributed by atoms with van der Waals surface area (Å²) < 4.78 is 7.31. The van der Waals surface area contributed by atoms with Crippen LogP contribution in [0.4, 0.5) is 0 Å². The molecule has 7 nitrogen and oxygen atoms in total. The largest absolute Gasteiger partial charge is 0.378 e. The van der Waals surface area contributed by atoms with Crippen molar-refractivity contribution in [3.05, 3.63) is 26.7 Å². The van der Waals surface area contributed by atoms with E-state index in [-0.39, 0.29) is 5.91 Å². The maximum atomic E-state index is 11.9. The zero-order valence-electron chi connectivity index (χ0n) is 11.2. The molecule has 2 aromatic heterocycles. The number of aromatic nitrogens is 4. The van der Waals surface area contributed by atoms with Crippen LogP contribution in [0.1, 0.15) is 21.3 Å². The topological polar surface area (TPSA) is 84.8 Å². The fourth-order valence-corrected chi connectivity index (χ4v) is 2.48. The molecular weight excluding hydrogens is 298 g/mol. The first kappa shape index (κ1) is 14.8. The van der Waals surface area contributed by atoms with Crippen LogP contribution in [0, 0.1) is 4.77 Å². The molecule has 0 radical (unpaired) electrons. The van der Waals surface area contributed by atoms with Gasteiger partial charge in [0.15, 0.2) is 4.77 Å². The Morgan fingerprint density at radius 3 is 3.10 bits per heavy atom. The lowest BCUT2D eigenvalue weighted by Crippen LogP contribution is -2.26. The molecule has 20 heavy (non-hydrogen) atoms. The molecule has 0 aromatic carbocycles. The molecular formula is C11H15N5O2S2. The lowest BCUT2D eigenvalue weighted by Gasteiger charge is -2.02. The molecule has 0 bridgehead atoms. The highest BCUT2D eigenvalue weighted by Crippen LogP contribution is 2.10. The Morgan fingerprint density at radius 2 is 2.45 bits per heavy atom. The Balaban J connectivity index is 1.85. The number of aromatic amines is 1. The number of rotatable bonds is 6. The van der Waals surface area contributed by atoms with Gasteiger partial charge in [-0.2, -0.15) is 5.10 Å². The standard InChI is InChI=1S/C11H15N5O2S2/c1-16-8(14-15-11(16)19)3-4-12-10(17)7-6-20-9(13-7)5-18-2/h6H,3-5H2,1-2H3,(H,12,17)(H,15,19). The average molecular weight is 313 g/mol. The van der Waals surface area contributed by atoms with Crippen LogP contribution in [-0.2, 0) is 24.8 Å². The van der Waals surface area contributed by atoms with Gasteiger partial charge in [0.2, 0.25) is 0 Å². The minimum absolute atomic E-state index is 0.194. The Bertz CT molecular complexity index is 645. The van der Waals surface area contributed by atoms with E-state index in [1.807, 2.05) is 7.05 Å². The van der Waals surface area contributed by atoms with Crippen molar-refractivity contribution in [2.45, 2.75) is 13.0 Å². The highest BCUT2D eigenvalue weighted by atomic mass is 32.1. The highest BCUT2D eigenvalue weighted by molar-refractivity contribution is 7.71. The summed E-state index contributed by atoms with van der Waals surface area (Å²) in [7, 11) is 3.43. The van der Waals surface area contributed by atoms with Gasteiger partial charge < -0.3 is 14.6 Å². The van der Waals surface area contributed by atoms with Crippen LogP contribution in [0.25, 0.3) is 0 Å². The summed E-state index contributed by atoms with van der Waals surface area (Å²) in [5.74, 6) is 0.606. The van der Waals surface area contributed by atoms with Crippen LogP contribution in [0.15, 0.2) is 5.38 Å². The lowest BCUT2D eigenvalue weighted by atomic mass is 10.3. The number of methoxy groups -OCH3 is 1. The molecule has 0 atom stereocenters. The maximum Gasteiger partial charge on any atom is 0.270 e. The van der Waals surface area contributed by atoms with E-state index in [2.05, 4.69) is 20.5 Å². The van der Waals surface area contributed by atoms with E-state index in [1.165, 1.54) is 11.3 Å². The van der Waals surface area contributed by atoms with Gasteiger partial charge in [-0.05, 0) is 12.2 Å². The van der Waals surface area contributed by atoms with Gasteiger partial charge in [0.05, 0.1) is 6.61 Å². The number of carbonyl (C=O) groups excluding carboxylic acids is 1. The van der Waals surface area contributed by atoms with Crippen molar-refractivity contribution in [1.82, 2.24) is 25.1 Å². The number of hydrogen-bond donors (Lipinski definition) is 2. The third-order valence-electron chi connectivity index (χ3n) is 2.66. The molecule has 2 rings (SSSR count). The van der Waals surface area contributed by atoms with Gasteiger partial charge >= 0.3 is 0 Å². The first-order valence-electron chi connectivity index (χ1n) is 5.93. The van der Waals surface area contributed by atoms with Crippen LogP contribution >= 0.6 is 23.6 Å². The second kappa shape index (κ2) is 6.73. The average Bonchev–Trinajstić information content (AvgIpc) is 3.01. The number of ether oxygens (including phenoxy) is 1. The smallest absolute Gasteiger partial charge is 0.270 e. The van der Waals surface area contributed by atoms with E-state index in [1.54, 1.807) is 17.1 Å². The van der Waals surface area contributed by atoms with Crippen LogP contribution in [0.5, 0.6) is 0 Å². The molecule has 0 aliphatic carbocycles. The lowest BCUT2D eigenvalue weighted by molar-refractivity contribution is 0.0949. The molecule has 9 heteroatoms. The van der Waals surface area contributed by atoms with Crippen LogP contribution < -0.4 is 5.32 Å². The molecule has 2 heterocycles. The molecule has 0 fully saturated rings. The summed E-state index contributed by atoms with van der Waals surface area (Å²) in [4.78, 5) is 16.1. The zero-order chi connectivity index (χ0) is 14.5. The molecule has 0 saturated carbocycles. The molecule has 2 aromatic rings. The molecule has 0 saturated heterocycles. The number of thiazole rings is 1. The summed E-state index contributed by atoms with van der Waals surface area (Å²) in [6.07, 6.45) is 0.602. The van der Waals surface area contributed by atoms with Crippen molar-refractivity contribution in [3.63, 3.8) is 0 Å². The van der Waals surface area contributed by atoms with Crippen molar-refractivity contribution >= 4 is 29.5 Å². The van der Waals surface area contributed by atoms with E-state index < -0.39 is 0 Å². The summed E-state index contributed by atoms with van der Waals surface area (Å²) >= 11 is 6.42. The van der Waals surface area contributed by atoms with Gasteiger partial charge in [0.25, 0.3) is 5.91 Å². The molecule has 2 N–H and O–H groups in total. The maximum absolute atomic E-state index is 11.9. The fourth-order valence-electron chi connectivity index (χ4n) is 1.59. The van der Waals surface area contributed by atoms with Gasteiger partial charge in [-0.1, -0.05) is 0 Å². The van der Waals surface area contributed by atoms with Crippen LogP contribution in [-0.4, -0.2) is 39.3 Å². The first-order valence-corrected chi connectivity index (χ1v) is 7.22. The van der Waals surface area contributed by atoms with E-state index in [9.17, 15) is 4.79 Å². The molecule has 0 aliphatic rings. The van der Waals surface area contributed by atoms with E-state index in [0.29, 0.717) is 30.0 Å². The van der Waals surface area contributed by atoms with E-state index in [0.717, 1.165) is 10.8 Å². The van der Waals surface area contributed by atoms with Gasteiger partial charge in [-0.25, -0.2) is 4.98 Å². The normalized spacial score (nSPS) is 10.7. The van der Waals surface area contributed by atoms with Gasteiger partial charge in [-0.15, -0.1) is 11.3 Å². The van der Waals surface area contributed by atoms with Crippen LogP contribution in [0.2, 0.25) is 0 Å². The second-order valence-electron chi connectivity index (χ2n) is 4.07. The zero-order valence-corrected chi connectivity index (χ0v) is 12.8. The predicted octanol–water partition coefficient (Wildman–Crippen LogP) is 1.05. The van der Waals surface area contributed by atoms with Crippen molar-refractivity contribution in [2.75, 3.05) is 13.7 Å². The SMILES string of the molecule is COCc1nc(C(=O)NCCc2n[nH]c(=S)n2C)cs1. The fraction of sp³-hybridized carbons (Fsp3) is 0.455. The van der Waals surface area contributed by atoms with Gasteiger partial charge in [0.1, 0.15) is 16.5 Å². The molecule has 0 unspecified atom stereocenters. The Morgan fingerprint density at radius 1 is 1.65 bits per heavy atom. The quantitative estimate of drug-likeness (QED) is 0.779. The summed E-state index contributed by atoms with van der Waals surface area (Å²) in [6.45, 7) is 0.895. The van der Waals surface area contributed by atoms with E-state index in [4.69, 9.17) is 17.0 Å². The number of H-pyrrole nitrogens is 1. The molecule has 1 amide bonds. The molecule has 108 valence electrons. The third-order valence-corrected chi connectivity index (χ3v) is 3.85. The van der Waals surface area contributed by atoms with Gasteiger partial charge in [-0.3, -0.25) is 9.89 Å². The Labute approximate surface area is 125 Å². The van der Waals surface area contributed by atoms with Crippen molar-refractivity contribution in [2.24, 2.45) is 7.05 Å². The minimum Gasteiger partial charge on any atom is -0.378 e. The number of hydrogen-bond acceptors (Lipinski definition) is 6. The number of carbonyl (C=O) groups is 1. The first-order chi connectivity index (χ1) is 9.61. The number of amides is 1.